The van der Waals surface area contributed by atoms with Crippen molar-refractivity contribution in [2.45, 2.75) is 31.9 Å². The van der Waals surface area contributed by atoms with E-state index in [0.29, 0.717) is 38.2 Å². The number of piperidine rings is 1. The molecule has 150 valence electrons. The number of aromatic nitrogens is 1. The second-order valence-corrected chi connectivity index (χ2v) is 7.49. The molecule has 1 saturated heterocycles. The third-order valence-corrected chi connectivity index (χ3v) is 5.46. The lowest BCUT2D eigenvalue weighted by Crippen LogP contribution is -2.53. The molecule has 1 fully saturated rings. The standard InChI is InChI=1S/C23H24N2O4/c1-17-7-5-6-10-21(17)28-23(22(26)27)11-13-25(14-12-23)16-19-15-20(24-29-19)18-8-3-2-4-9-18/h2-10,15H,11-14,16H2,1H3,(H,26,27). The van der Waals surface area contributed by atoms with E-state index in [2.05, 4.69) is 10.1 Å². The molecule has 0 radical (unpaired) electrons. The Morgan fingerprint density at radius 3 is 2.52 bits per heavy atom. The maximum atomic E-state index is 12.0. The number of nitrogens with zero attached hydrogens (tertiary/aromatic N) is 2. The number of hydrogen-bond donors (Lipinski definition) is 1. The van der Waals surface area contributed by atoms with Crippen molar-refractivity contribution in [2.24, 2.45) is 0 Å². The molecule has 0 atom stereocenters. The SMILES string of the molecule is Cc1ccccc1OC1(C(=O)O)CCN(Cc2cc(-c3ccccc3)no2)CC1. The summed E-state index contributed by atoms with van der Waals surface area (Å²) in [6, 6.07) is 19.4. The number of ether oxygens (including phenoxy) is 1. The van der Waals surface area contributed by atoms with Crippen molar-refractivity contribution in [2.75, 3.05) is 13.1 Å². The molecule has 6 nitrogen and oxygen atoms in total. The number of rotatable bonds is 6. The van der Waals surface area contributed by atoms with Crippen molar-refractivity contribution in [3.63, 3.8) is 0 Å². The van der Waals surface area contributed by atoms with Gasteiger partial charge in [-0.3, -0.25) is 4.90 Å². The molecule has 3 aromatic rings. The van der Waals surface area contributed by atoms with Crippen LogP contribution < -0.4 is 4.74 Å². The van der Waals surface area contributed by atoms with Crippen LogP contribution >= 0.6 is 0 Å². The lowest BCUT2D eigenvalue weighted by Gasteiger charge is -2.38. The molecule has 0 spiro atoms. The van der Waals surface area contributed by atoms with E-state index in [9.17, 15) is 9.90 Å². The summed E-state index contributed by atoms with van der Waals surface area (Å²) < 4.78 is 11.5. The minimum Gasteiger partial charge on any atom is -0.478 e. The Morgan fingerprint density at radius 1 is 1.14 bits per heavy atom. The van der Waals surface area contributed by atoms with Gasteiger partial charge in [0, 0.05) is 37.6 Å². The maximum absolute atomic E-state index is 12.0. The summed E-state index contributed by atoms with van der Waals surface area (Å²) in [6.07, 6.45) is 0.826. The predicted octanol–water partition coefficient (Wildman–Crippen LogP) is 4.15. The van der Waals surface area contributed by atoms with E-state index in [0.717, 1.165) is 22.6 Å². The van der Waals surface area contributed by atoms with Crippen molar-refractivity contribution in [1.29, 1.82) is 0 Å². The van der Waals surface area contributed by atoms with Gasteiger partial charge in [-0.15, -0.1) is 0 Å². The van der Waals surface area contributed by atoms with Crippen LogP contribution in [0.1, 0.15) is 24.2 Å². The number of likely N-dealkylation sites (tertiary alicyclic amines) is 1. The summed E-state index contributed by atoms with van der Waals surface area (Å²) in [6.45, 7) is 3.74. The third-order valence-electron chi connectivity index (χ3n) is 5.46. The van der Waals surface area contributed by atoms with E-state index in [4.69, 9.17) is 9.26 Å². The van der Waals surface area contributed by atoms with Gasteiger partial charge < -0.3 is 14.4 Å². The van der Waals surface area contributed by atoms with Crippen molar-refractivity contribution in [3.05, 3.63) is 72.0 Å². The molecule has 1 N–H and O–H groups in total. The minimum absolute atomic E-state index is 0.413. The van der Waals surface area contributed by atoms with E-state index in [-0.39, 0.29) is 0 Å². The summed E-state index contributed by atoms with van der Waals surface area (Å²) in [5.41, 5.74) is 1.56. The highest BCUT2D eigenvalue weighted by Gasteiger charge is 2.44. The molecule has 4 rings (SSSR count). The van der Waals surface area contributed by atoms with Gasteiger partial charge in [0.05, 0.1) is 6.54 Å². The molecular formula is C23H24N2O4. The number of carboxylic acid groups (broad SMARTS) is 1. The lowest BCUT2D eigenvalue weighted by molar-refractivity contribution is -0.160. The van der Waals surface area contributed by atoms with Gasteiger partial charge in [-0.2, -0.15) is 0 Å². The highest BCUT2D eigenvalue weighted by Crippen LogP contribution is 2.32. The molecule has 1 aliphatic heterocycles. The number of hydrogen-bond acceptors (Lipinski definition) is 5. The first-order chi connectivity index (χ1) is 14.1. The first-order valence-electron chi connectivity index (χ1n) is 9.77. The number of aryl methyl sites for hydroxylation is 1. The Morgan fingerprint density at radius 2 is 1.83 bits per heavy atom. The van der Waals surface area contributed by atoms with E-state index < -0.39 is 11.6 Å². The van der Waals surface area contributed by atoms with Gasteiger partial charge in [0.25, 0.3) is 0 Å². The van der Waals surface area contributed by atoms with E-state index in [1.54, 1.807) is 0 Å². The molecule has 2 heterocycles. The summed E-state index contributed by atoms with van der Waals surface area (Å²) >= 11 is 0. The van der Waals surface area contributed by atoms with Gasteiger partial charge in [-0.05, 0) is 18.6 Å². The van der Waals surface area contributed by atoms with Crippen molar-refractivity contribution < 1.29 is 19.2 Å². The zero-order valence-corrected chi connectivity index (χ0v) is 16.4. The smallest absolute Gasteiger partial charge is 0.348 e. The average Bonchev–Trinajstić information content (AvgIpc) is 3.20. The first-order valence-corrected chi connectivity index (χ1v) is 9.77. The van der Waals surface area contributed by atoms with Gasteiger partial charge in [0.2, 0.25) is 5.60 Å². The normalized spacial score (nSPS) is 16.4. The summed E-state index contributed by atoms with van der Waals surface area (Å²) in [7, 11) is 0. The highest BCUT2D eigenvalue weighted by atomic mass is 16.5. The van der Waals surface area contributed by atoms with E-state index in [1.165, 1.54) is 0 Å². The van der Waals surface area contributed by atoms with Crippen LogP contribution in [-0.2, 0) is 11.3 Å². The number of aliphatic carboxylic acids is 1. The molecule has 0 amide bonds. The zero-order chi connectivity index (χ0) is 20.3. The van der Waals surface area contributed by atoms with Crippen LogP contribution in [0.3, 0.4) is 0 Å². The fourth-order valence-corrected chi connectivity index (χ4v) is 3.67. The molecule has 0 aliphatic carbocycles. The van der Waals surface area contributed by atoms with Gasteiger partial charge in [-0.1, -0.05) is 53.7 Å². The topological polar surface area (TPSA) is 75.8 Å². The fourth-order valence-electron chi connectivity index (χ4n) is 3.67. The molecule has 29 heavy (non-hydrogen) atoms. The fraction of sp³-hybridized carbons (Fsp3) is 0.304. The van der Waals surface area contributed by atoms with Crippen molar-refractivity contribution in [1.82, 2.24) is 10.1 Å². The van der Waals surface area contributed by atoms with Crippen LogP contribution in [0.25, 0.3) is 11.3 Å². The second kappa shape index (κ2) is 8.09. The lowest BCUT2D eigenvalue weighted by atomic mass is 9.90. The summed E-state index contributed by atoms with van der Waals surface area (Å²) in [5.74, 6) is 0.490. The Bertz CT molecular complexity index is 975. The van der Waals surface area contributed by atoms with Crippen LogP contribution in [0.4, 0.5) is 0 Å². The van der Waals surface area contributed by atoms with Crippen molar-refractivity contribution >= 4 is 5.97 Å². The first kappa shape index (κ1) is 19.2. The molecule has 0 saturated carbocycles. The predicted molar refractivity (Wildman–Crippen MR) is 109 cm³/mol. The molecule has 6 heteroatoms. The number of carbonyl (C=O) groups is 1. The number of carboxylic acids is 1. The summed E-state index contributed by atoms with van der Waals surface area (Å²) in [5, 5.41) is 14.0. The quantitative estimate of drug-likeness (QED) is 0.679. The van der Waals surface area contributed by atoms with Gasteiger partial charge in [0.1, 0.15) is 11.4 Å². The Kier molecular flexibility index (Phi) is 5.36. The van der Waals surface area contributed by atoms with E-state index >= 15 is 0 Å². The van der Waals surface area contributed by atoms with Crippen LogP contribution in [0.2, 0.25) is 0 Å². The monoisotopic (exact) mass is 392 g/mol. The van der Waals surface area contributed by atoms with Gasteiger partial charge >= 0.3 is 5.97 Å². The van der Waals surface area contributed by atoms with Gasteiger partial charge in [0.15, 0.2) is 5.76 Å². The largest absolute Gasteiger partial charge is 0.478 e. The number of para-hydroxylation sites is 1. The molecular weight excluding hydrogens is 368 g/mol. The minimum atomic E-state index is -1.20. The van der Waals surface area contributed by atoms with Crippen LogP contribution in [0.15, 0.2) is 65.2 Å². The molecule has 0 bridgehead atoms. The molecule has 2 aromatic carbocycles. The van der Waals surface area contributed by atoms with Crippen molar-refractivity contribution in [3.8, 4) is 17.0 Å². The maximum Gasteiger partial charge on any atom is 0.348 e. The zero-order valence-electron chi connectivity index (χ0n) is 16.4. The molecule has 0 unspecified atom stereocenters. The Labute approximate surface area is 169 Å². The second-order valence-electron chi connectivity index (χ2n) is 7.49. The third kappa shape index (κ3) is 4.17. The van der Waals surface area contributed by atoms with Gasteiger partial charge in [-0.25, -0.2) is 4.79 Å². The Hall–Kier alpha value is -3.12. The van der Waals surface area contributed by atoms with E-state index in [1.807, 2.05) is 67.6 Å². The highest BCUT2D eigenvalue weighted by molar-refractivity contribution is 5.78. The van der Waals surface area contributed by atoms with Crippen LogP contribution in [0.5, 0.6) is 5.75 Å². The average molecular weight is 392 g/mol. The molecule has 1 aromatic heterocycles. The number of benzene rings is 2. The summed E-state index contributed by atoms with van der Waals surface area (Å²) in [4.78, 5) is 14.2. The van der Waals surface area contributed by atoms with Crippen LogP contribution in [0, 0.1) is 6.92 Å². The Balaban J connectivity index is 1.41. The van der Waals surface area contributed by atoms with Crippen LogP contribution in [-0.4, -0.2) is 39.8 Å². The molecule has 1 aliphatic rings.